The van der Waals surface area contributed by atoms with Crippen molar-refractivity contribution in [3.63, 3.8) is 0 Å². The molecule has 0 bridgehead atoms. The van der Waals surface area contributed by atoms with Gasteiger partial charge in [-0.3, -0.25) is 0 Å². The Morgan fingerprint density at radius 3 is 1.85 bits per heavy atom. The predicted molar refractivity (Wildman–Crippen MR) is 115 cm³/mol. The quantitative estimate of drug-likeness (QED) is 0.405. The van der Waals surface area contributed by atoms with Gasteiger partial charge in [0.2, 0.25) is 0 Å². The van der Waals surface area contributed by atoms with Crippen LogP contribution in [0.3, 0.4) is 0 Å². The van der Waals surface area contributed by atoms with Crippen molar-refractivity contribution in [2.24, 2.45) is 0 Å². The van der Waals surface area contributed by atoms with Gasteiger partial charge in [-0.05, 0) is 0 Å². The number of rotatable bonds is 6. The van der Waals surface area contributed by atoms with E-state index in [2.05, 4.69) is 0 Å². The summed E-state index contributed by atoms with van der Waals surface area (Å²) < 4.78 is 38.4. The van der Waals surface area contributed by atoms with Crippen molar-refractivity contribution in [3.8, 4) is 5.75 Å². The molecule has 0 amide bonds. The van der Waals surface area contributed by atoms with E-state index in [4.69, 9.17) is 18.9 Å². The summed E-state index contributed by atoms with van der Waals surface area (Å²) in [7, 11) is -2.31. The monoisotopic (exact) mass is 516 g/mol. The van der Waals surface area contributed by atoms with E-state index in [0.29, 0.717) is 10.8 Å². The van der Waals surface area contributed by atoms with Crippen LogP contribution in [-0.4, -0.2) is 15.5 Å². The molecular formula is C20H18ClIO4S. The van der Waals surface area contributed by atoms with Crippen molar-refractivity contribution >= 4 is 42.0 Å². The molecule has 0 aliphatic heterocycles. The minimum atomic E-state index is -3.89. The molecule has 3 rings (SSSR count). The van der Waals surface area contributed by atoms with Gasteiger partial charge < -0.3 is 0 Å². The average Bonchev–Trinajstić information content (AvgIpc) is 2.67. The van der Waals surface area contributed by atoms with Crippen LogP contribution in [0.1, 0.15) is 5.56 Å². The molecule has 0 saturated heterocycles. The van der Waals surface area contributed by atoms with Gasteiger partial charge in [0.05, 0.1) is 0 Å². The molecule has 0 atom stereocenters. The van der Waals surface area contributed by atoms with Gasteiger partial charge in [-0.2, -0.15) is 0 Å². The Hall–Kier alpha value is -1.61. The second-order valence-corrected chi connectivity index (χ2v) is 12.6. The maximum absolute atomic E-state index is 12.9. The summed E-state index contributed by atoms with van der Waals surface area (Å²) in [6, 6.07) is 21.1. The topological polar surface area (TPSA) is 52.6 Å². The van der Waals surface area contributed by atoms with Crippen molar-refractivity contribution in [1.82, 2.24) is 0 Å². The summed E-state index contributed by atoms with van der Waals surface area (Å²) in [5, 5.41) is 0.589. The van der Waals surface area contributed by atoms with E-state index in [9.17, 15) is 8.42 Å². The number of aryl methyl sites for hydroxylation is 1. The van der Waals surface area contributed by atoms with E-state index >= 15 is 0 Å². The molecule has 0 aliphatic carbocycles. The first kappa shape index (κ1) is 20.1. The Balaban J connectivity index is 2.00. The number of methoxy groups -OCH3 is 1. The van der Waals surface area contributed by atoms with Gasteiger partial charge in [0.15, 0.2) is 0 Å². The van der Waals surface area contributed by atoms with Crippen LogP contribution in [0.5, 0.6) is 5.75 Å². The average molecular weight is 517 g/mol. The van der Waals surface area contributed by atoms with E-state index in [1.165, 1.54) is 0 Å². The third-order valence-electron chi connectivity index (χ3n) is 3.70. The molecule has 0 aliphatic rings. The van der Waals surface area contributed by atoms with E-state index < -0.39 is 30.4 Å². The summed E-state index contributed by atoms with van der Waals surface area (Å²) in [6.07, 6.45) is 0. The number of hydrogen-bond acceptors (Lipinski definition) is 4. The van der Waals surface area contributed by atoms with E-state index in [1.54, 1.807) is 55.6 Å². The first-order valence-electron chi connectivity index (χ1n) is 8.00. The zero-order chi connectivity index (χ0) is 19.4. The summed E-state index contributed by atoms with van der Waals surface area (Å²) >= 11 is 3.26. The molecule has 3 aromatic rings. The third-order valence-corrected chi connectivity index (χ3v) is 11.3. The fraction of sp³-hybridized carbons (Fsp3) is 0.100. The zero-order valence-corrected chi connectivity index (χ0v) is 18.5. The SMILES string of the molecule is COc1ccc(I(OS(=O)(=O)c2ccc(C)cc2)c2ccc(Cl)cc2)cc1. The molecule has 0 radical (unpaired) electrons. The van der Waals surface area contributed by atoms with Crippen LogP contribution in [0.15, 0.2) is 77.7 Å². The fourth-order valence-electron chi connectivity index (χ4n) is 2.25. The molecular weight excluding hydrogens is 499 g/mol. The molecule has 142 valence electrons. The van der Waals surface area contributed by atoms with Gasteiger partial charge in [0.1, 0.15) is 0 Å². The van der Waals surface area contributed by atoms with Crippen LogP contribution in [0.2, 0.25) is 5.02 Å². The van der Waals surface area contributed by atoms with Crippen molar-refractivity contribution < 1.29 is 15.7 Å². The molecule has 0 aromatic heterocycles. The zero-order valence-electron chi connectivity index (χ0n) is 14.7. The number of hydrogen-bond donors (Lipinski definition) is 0. The molecule has 27 heavy (non-hydrogen) atoms. The van der Waals surface area contributed by atoms with Gasteiger partial charge in [-0.1, -0.05) is 0 Å². The Morgan fingerprint density at radius 1 is 0.815 bits per heavy atom. The second-order valence-electron chi connectivity index (χ2n) is 5.67. The molecule has 4 nitrogen and oxygen atoms in total. The molecule has 0 unspecified atom stereocenters. The summed E-state index contributed by atoms with van der Waals surface area (Å²) in [5.41, 5.74) is 0.983. The van der Waals surface area contributed by atoms with Crippen LogP contribution < -0.4 is 4.74 Å². The van der Waals surface area contributed by atoms with Crippen molar-refractivity contribution in [2.75, 3.05) is 7.11 Å². The molecule has 0 heterocycles. The number of halogens is 2. The summed E-state index contributed by atoms with van der Waals surface area (Å²) in [5.74, 6) is 0.701. The van der Waals surface area contributed by atoms with Gasteiger partial charge in [0.25, 0.3) is 0 Å². The van der Waals surface area contributed by atoms with Gasteiger partial charge in [-0.25, -0.2) is 0 Å². The molecule has 0 spiro atoms. The molecule has 0 N–H and O–H groups in total. The van der Waals surface area contributed by atoms with Crippen LogP contribution >= 0.6 is 31.8 Å². The molecule has 7 heteroatoms. The Kier molecular flexibility index (Phi) is 6.41. The van der Waals surface area contributed by atoms with Gasteiger partial charge >= 0.3 is 173 Å². The fourth-order valence-corrected chi connectivity index (χ4v) is 9.26. The molecule has 0 saturated carbocycles. The predicted octanol–water partition coefficient (Wildman–Crippen LogP) is 5.52. The normalized spacial score (nSPS) is 11.9. The van der Waals surface area contributed by atoms with Crippen LogP contribution in [0.25, 0.3) is 0 Å². The van der Waals surface area contributed by atoms with Crippen molar-refractivity contribution in [2.45, 2.75) is 11.8 Å². The first-order chi connectivity index (χ1) is 12.9. The molecule has 0 fully saturated rings. The summed E-state index contributed by atoms with van der Waals surface area (Å²) in [4.78, 5) is 0.151. The third kappa shape index (κ3) is 5.01. The second kappa shape index (κ2) is 8.60. The Labute approximate surface area is 172 Å². The van der Waals surface area contributed by atoms with Crippen molar-refractivity contribution in [3.05, 3.63) is 90.5 Å². The summed E-state index contributed by atoms with van der Waals surface area (Å²) in [6.45, 7) is 1.90. The minimum absolute atomic E-state index is 0.151. The number of ether oxygens (including phenoxy) is 1. The Bertz CT molecular complexity index is 1000. The standard InChI is InChI=1S/C20H18ClIO4S/c1-15-3-13-20(14-4-15)27(23,24)26-22(17-7-5-16(21)6-8-17)18-9-11-19(25-2)12-10-18/h3-14H,1-2H3. The van der Waals surface area contributed by atoms with E-state index in [-0.39, 0.29) is 4.90 Å². The molecule has 3 aromatic carbocycles. The van der Waals surface area contributed by atoms with Gasteiger partial charge in [0, 0.05) is 0 Å². The van der Waals surface area contributed by atoms with Crippen LogP contribution in [0.4, 0.5) is 0 Å². The number of benzene rings is 3. The van der Waals surface area contributed by atoms with E-state index in [1.807, 2.05) is 31.2 Å². The van der Waals surface area contributed by atoms with Crippen LogP contribution in [-0.2, 0) is 12.6 Å². The first-order valence-corrected chi connectivity index (χ1v) is 12.8. The van der Waals surface area contributed by atoms with Crippen molar-refractivity contribution in [1.29, 1.82) is 0 Å². The van der Waals surface area contributed by atoms with E-state index in [0.717, 1.165) is 12.7 Å². The Morgan fingerprint density at radius 2 is 1.33 bits per heavy atom. The van der Waals surface area contributed by atoms with Crippen LogP contribution in [0, 0.1) is 14.1 Å². The van der Waals surface area contributed by atoms with Gasteiger partial charge in [-0.15, -0.1) is 0 Å². The maximum atomic E-state index is 12.9.